The third-order valence-electron chi connectivity index (χ3n) is 5.83. The monoisotopic (exact) mass is 464 g/mol. The number of piperazine rings is 1. The average molecular weight is 465 g/mol. The topological polar surface area (TPSA) is 101 Å². The van der Waals surface area contributed by atoms with Gasteiger partial charge in [-0.05, 0) is 18.4 Å². The molecule has 0 bridgehead atoms. The van der Waals surface area contributed by atoms with Crippen molar-refractivity contribution in [1.82, 2.24) is 30.1 Å². The Hall–Kier alpha value is -3.37. The molecule has 10 heteroatoms. The van der Waals surface area contributed by atoms with Gasteiger partial charge in [-0.2, -0.15) is 16.3 Å². The second-order valence-corrected chi connectivity index (χ2v) is 8.71. The van der Waals surface area contributed by atoms with Crippen LogP contribution in [0, 0.1) is 0 Å². The number of carbonyl (C=O) groups excluding carboxylic acids is 1. The largest absolute Gasteiger partial charge is 0.421 e. The first-order valence-corrected chi connectivity index (χ1v) is 11.9. The van der Waals surface area contributed by atoms with Crippen LogP contribution in [-0.4, -0.2) is 62.2 Å². The molecule has 0 N–H and O–H groups in total. The van der Waals surface area contributed by atoms with E-state index >= 15 is 0 Å². The number of carbonyl (C=O) groups is 1. The van der Waals surface area contributed by atoms with Crippen LogP contribution in [0.2, 0.25) is 0 Å². The van der Waals surface area contributed by atoms with Crippen molar-refractivity contribution in [3.63, 3.8) is 0 Å². The summed E-state index contributed by atoms with van der Waals surface area (Å²) in [5.74, 6) is 2.27. The van der Waals surface area contributed by atoms with Gasteiger partial charge in [-0.3, -0.25) is 9.69 Å². The van der Waals surface area contributed by atoms with Crippen LogP contribution < -0.4 is 0 Å². The molecule has 0 radical (unpaired) electrons. The van der Waals surface area contributed by atoms with Crippen molar-refractivity contribution in [2.75, 3.05) is 26.2 Å². The SMILES string of the molecule is C[C@@H](c1nc(-c2ccccc2)no1)N1CCN(C(=O)CCc2nnc(-c3ccsc3)o2)CC1. The van der Waals surface area contributed by atoms with Crippen LogP contribution in [0.3, 0.4) is 0 Å². The normalized spacial score (nSPS) is 15.6. The van der Waals surface area contributed by atoms with E-state index in [0.29, 0.717) is 49.4 Å². The lowest BCUT2D eigenvalue weighted by Gasteiger charge is -2.36. The fourth-order valence-corrected chi connectivity index (χ4v) is 4.48. The molecule has 0 spiro atoms. The van der Waals surface area contributed by atoms with Crippen LogP contribution in [0.15, 0.2) is 56.1 Å². The van der Waals surface area contributed by atoms with Crippen LogP contribution in [-0.2, 0) is 11.2 Å². The molecule has 1 aliphatic heterocycles. The Balaban J connectivity index is 1.11. The van der Waals surface area contributed by atoms with Crippen LogP contribution >= 0.6 is 11.3 Å². The zero-order valence-electron chi connectivity index (χ0n) is 18.3. The van der Waals surface area contributed by atoms with Gasteiger partial charge in [0, 0.05) is 55.5 Å². The lowest BCUT2D eigenvalue weighted by Crippen LogP contribution is -2.49. The number of amides is 1. The second-order valence-electron chi connectivity index (χ2n) is 7.93. The number of nitrogens with zero attached hydrogens (tertiary/aromatic N) is 6. The predicted molar refractivity (Wildman–Crippen MR) is 122 cm³/mol. The number of aromatic nitrogens is 4. The lowest BCUT2D eigenvalue weighted by molar-refractivity contribution is -0.133. The molecule has 0 saturated carbocycles. The average Bonchev–Trinajstić information content (AvgIpc) is 3.64. The van der Waals surface area contributed by atoms with Crippen molar-refractivity contribution in [2.45, 2.75) is 25.8 Å². The third-order valence-corrected chi connectivity index (χ3v) is 6.52. The summed E-state index contributed by atoms with van der Waals surface area (Å²) >= 11 is 1.58. The van der Waals surface area contributed by atoms with Crippen molar-refractivity contribution in [1.29, 1.82) is 0 Å². The Bertz CT molecular complexity index is 1180. The first kappa shape index (κ1) is 21.5. The zero-order chi connectivity index (χ0) is 22.6. The van der Waals surface area contributed by atoms with Crippen LogP contribution in [0.1, 0.15) is 31.2 Å². The van der Waals surface area contributed by atoms with Crippen LogP contribution in [0.5, 0.6) is 0 Å². The molecule has 1 atom stereocenters. The van der Waals surface area contributed by atoms with Gasteiger partial charge in [-0.25, -0.2) is 0 Å². The van der Waals surface area contributed by atoms with Gasteiger partial charge in [0.25, 0.3) is 0 Å². The molecule has 0 unspecified atom stereocenters. The fraction of sp³-hybridized carbons (Fsp3) is 0.348. The summed E-state index contributed by atoms with van der Waals surface area (Å²) in [5.41, 5.74) is 1.84. The quantitative estimate of drug-likeness (QED) is 0.408. The summed E-state index contributed by atoms with van der Waals surface area (Å²) in [5, 5.41) is 16.2. The van der Waals surface area contributed by atoms with Gasteiger partial charge in [-0.15, -0.1) is 10.2 Å². The maximum absolute atomic E-state index is 12.7. The predicted octanol–water partition coefficient (Wildman–Crippen LogP) is 3.69. The number of aryl methyl sites for hydroxylation is 1. The number of rotatable bonds is 7. The standard InChI is InChI=1S/C23H24N6O3S/c1-16(22-24-21(27-32-22)17-5-3-2-4-6-17)28-10-12-29(13-11-28)20(30)8-7-19-25-26-23(31-19)18-9-14-33-15-18/h2-6,9,14-16H,7-8,10-13H2,1H3/t16-/m0/s1. The Morgan fingerprint density at radius 3 is 2.67 bits per heavy atom. The van der Waals surface area contributed by atoms with E-state index < -0.39 is 0 Å². The highest BCUT2D eigenvalue weighted by atomic mass is 32.1. The third kappa shape index (κ3) is 4.86. The van der Waals surface area contributed by atoms with Gasteiger partial charge in [0.05, 0.1) is 6.04 Å². The Morgan fingerprint density at radius 2 is 1.91 bits per heavy atom. The van der Waals surface area contributed by atoms with E-state index in [2.05, 4.69) is 32.2 Å². The van der Waals surface area contributed by atoms with E-state index in [1.54, 1.807) is 11.3 Å². The smallest absolute Gasteiger partial charge is 0.248 e. The van der Waals surface area contributed by atoms with Crippen molar-refractivity contribution < 1.29 is 13.7 Å². The number of hydrogen-bond acceptors (Lipinski definition) is 9. The van der Waals surface area contributed by atoms with Gasteiger partial charge in [0.2, 0.25) is 29.4 Å². The van der Waals surface area contributed by atoms with Crippen molar-refractivity contribution in [2.24, 2.45) is 0 Å². The summed E-state index contributed by atoms with van der Waals surface area (Å²) in [6.45, 7) is 4.87. The second kappa shape index (κ2) is 9.63. The van der Waals surface area contributed by atoms with Gasteiger partial charge in [0.1, 0.15) is 0 Å². The number of benzene rings is 1. The molecule has 170 valence electrons. The highest BCUT2D eigenvalue weighted by Gasteiger charge is 2.28. The number of thiophene rings is 1. The molecule has 1 aromatic carbocycles. The summed E-state index contributed by atoms with van der Waals surface area (Å²) in [6.07, 6.45) is 0.793. The van der Waals surface area contributed by atoms with Crippen molar-refractivity contribution in [3.8, 4) is 22.8 Å². The molecular weight excluding hydrogens is 440 g/mol. The van der Waals surface area contributed by atoms with E-state index in [9.17, 15) is 4.79 Å². The molecule has 3 aromatic heterocycles. The molecule has 1 saturated heterocycles. The minimum Gasteiger partial charge on any atom is -0.421 e. The lowest BCUT2D eigenvalue weighted by atomic mass is 10.2. The Kier molecular flexibility index (Phi) is 6.27. The van der Waals surface area contributed by atoms with E-state index in [1.807, 2.05) is 52.1 Å². The van der Waals surface area contributed by atoms with Gasteiger partial charge in [0.15, 0.2) is 0 Å². The summed E-state index contributed by atoms with van der Waals surface area (Å²) in [4.78, 5) is 21.4. The molecule has 33 heavy (non-hydrogen) atoms. The number of hydrogen-bond donors (Lipinski definition) is 0. The van der Waals surface area contributed by atoms with Gasteiger partial charge < -0.3 is 13.8 Å². The maximum atomic E-state index is 12.7. The van der Waals surface area contributed by atoms with Gasteiger partial charge >= 0.3 is 0 Å². The van der Waals surface area contributed by atoms with E-state index in [4.69, 9.17) is 8.94 Å². The van der Waals surface area contributed by atoms with Gasteiger partial charge in [-0.1, -0.05) is 35.5 Å². The van der Waals surface area contributed by atoms with Crippen molar-refractivity contribution in [3.05, 3.63) is 58.9 Å². The summed E-state index contributed by atoms with van der Waals surface area (Å²) in [7, 11) is 0. The highest BCUT2D eigenvalue weighted by molar-refractivity contribution is 7.08. The molecule has 9 nitrogen and oxygen atoms in total. The first-order valence-electron chi connectivity index (χ1n) is 10.9. The maximum Gasteiger partial charge on any atom is 0.248 e. The highest BCUT2D eigenvalue weighted by Crippen LogP contribution is 2.24. The molecular formula is C23H24N6O3S. The minimum atomic E-state index is -0.0128. The summed E-state index contributed by atoms with van der Waals surface area (Å²) in [6, 6.07) is 11.7. The van der Waals surface area contributed by atoms with Crippen molar-refractivity contribution >= 4 is 17.2 Å². The molecule has 0 aliphatic carbocycles. The molecule has 1 fully saturated rings. The molecule has 4 heterocycles. The Morgan fingerprint density at radius 1 is 1.09 bits per heavy atom. The fourth-order valence-electron chi connectivity index (χ4n) is 3.85. The zero-order valence-corrected chi connectivity index (χ0v) is 19.1. The Labute approximate surface area is 195 Å². The van der Waals surface area contributed by atoms with E-state index in [-0.39, 0.29) is 11.9 Å². The van der Waals surface area contributed by atoms with E-state index in [0.717, 1.165) is 24.2 Å². The first-order chi connectivity index (χ1) is 16.2. The molecule has 5 rings (SSSR count). The van der Waals surface area contributed by atoms with Crippen LogP contribution in [0.4, 0.5) is 0 Å². The molecule has 1 aliphatic rings. The summed E-state index contributed by atoms with van der Waals surface area (Å²) < 4.78 is 11.2. The molecule has 4 aromatic rings. The minimum absolute atomic E-state index is 0.0128. The van der Waals surface area contributed by atoms with E-state index in [1.165, 1.54) is 0 Å². The van der Waals surface area contributed by atoms with Crippen LogP contribution in [0.25, 0.3) is 22.8 Å². The molecule has 1 amide bonds.